The molecule has 1 aromatic rings. The molecule has 0 aromatic carbocycles. The van der Waals surface area contributed by atoms with Crippen molar-refractivity contribution in [3.63, 3.8) is 0 Å². The molecule has 0 radical (unpaired) electrons. The molecule has 0 aliphatic heterocycles. The summed E-state index contributed by atoms with van der Waals surface area (Å²) in [5.41, 5.74) is 1.46. The van der Waals surface area contributed by atoms with Crippen molar-refractivity contribution in [1.82, 2.24) is 4.98 Å². The molecule has 0 saturated carbocycles. The van der Waals surface area contributed by atoms with E-state index < -0.39 is 0 Å². The van der Waals surface area contributed by atoms with E-state index in [1.807, 2.05) is 6.92 Å². The Hall–Kier alpha value is -0.520. The number of hydrogen-bond acceptors (Lipinski definition) is 1. The Morgan fingerprint density at radius 1 is 1.73 bits per heavy atom. The van der Waals surface area contributed by atoms with Crippen molar-refractivity contribution in [3.8, 4) is 12.3 Å². The van der Waals surface area contributed by atoms with Gasteiger partial charge in [-0.1, -0.05) is 17.5 Å². The quantitative estimate of drug-likeness (QED) is 0.493. The van der Waals surface area contributed by atoms with Crippen LogP contribution in [0.4, 0.5) is 0 Å². The van der Waals surface area contributed by atoms with E-state index in [9.17, 15) is 0 Å². The van der Waals surface area contributed by atoms with Gasteiger partial charge in [-0.2, -0.15) is 0 Å². The highest BCUT2D eigenvalue weighted by atomic mass is 79.9. The lowest BCUT2D eigenvalue weighted by molar-refractivity contribution is 1.17. The van der Waals surface area contributed by atoms with E-state index in [4.69, 9.17) is 18.0 Å². The summed E-state index contributed by atoms with van der Waals surface area (Å²) in [5.74, 6) is 2.44. The Bertz CT molecular complexity index is 328. The second-order valence-electron chi connectivity index (χ2n) is 2.04. The molecule has 0 spiro atoms. The van der Waals surface area contributed by atoms with Crippen LogP contribution in [-0.2, 0) is 0 Å². The van der Waals surface area contributed by atoms with E-state index in [-0.39, 0.29) is 0 Å². The second-order valence-corrected chi connectivity index (χ2v) is 3.25. The molecule has 11 heavy (non-hydrogen) atoms. The summed E-state index contributed by atoms with van der Waals surface area (Å²) >= 11 is 9.03. The molecule has 0 atom stereocenters. The van der Waals surface area contributed by atoms with Crippen LogP contribution in [0.25, 0.3) is 0 Å². The van der Waals surface area contributed by atoms with Crippen LogP contribution < -0.4 is 0 Å². The molecule has 0 N–H and O–H groups in total. The number of halogens is 2. The molecular formula is C8H5BrClN. The zero-order valence-corrected chi connectivity index (χ0v) is 8.20. The van der Waals surface area contributed by atoms with Crippen molar-refractivity contribution in [1.29, 1.82) is 0 Å². The lowest BCUT2D eigenvalue weighted by Crippen LogP contribution is -1.87. The van der Waals surface area contributed by atoms with E-state index in [0.29, 0.717) is 10.7 Å². The van der Waals surface area contributed by atoms with Gasteiger partial charge in [0, 0.05) is 4.47 Å². The smallest absolute Gasteiger partial charge is 0.144 e. The summed E-state index contributed by atoms with van der Waals surface area (Å²) in [5, 5.41) is 0.383. The summed E-state index contributed by atoms with van der Waals surface area (Å²) in [6, 6.07) is 1.78. The largest absolute Gasteiger partial charge is 0.239 e. The van der Waals surface area contributed by atoms with E-state index in [2.05, 4.69) is 26.8 Å². The lowest BCUT2D eigenvalue weighted by atomic mass is 10.3. The van der Waals surface area contributed by atoms with Gasteiger partial charge in [-0.15, -0.1) is 6.42 Å². The molecule has 3 heteroatoms. The zero-order chi connectivity index (χ0) is 8.43. The highest BCUT2D eigenvalue weighted by molar-refractivity contribution is 9.10. The molecule has 0 bridgehead atoms. The summed E-state index contributed by atoms with van der Waals surface area (Å²) < 4.78 is 0.884. The van der Waals surface area contributed by atoms with Gasteiger partial charge in [-0.25, -0.2) is 4.98 Å². The minimum atomic E-state index is 0.383. The van der Waals surface area contributed by atoms with Crippen LogP contribution in [0, 0.1) is 19.3 Å². The van der Waals surface area contributed by atoms with E-state index >= 15 is 0 Å². The van der Waals surface area contributed by atoms with Gasteiger partial charge in [0.05, 0.1) is 11.3 Å². The van der Waals surface area contributed by atoms with Crippen LogP contribution in [0.15, 0.2) is 10.5 Å². The Morgan fingerprint density at radius 3 is 2.91 bits per heavy atom. The fourth-order valence-electron chi connectivity index (χ4n) is 0.653. The van der Waals surface area contributed by atoms with Crippen LogP contribution >= 0.6 is 27.5 Å². The molecular weight excluding hydrogens is 225 g/mol. The zero-order valence-electron chi connectivity index (χ0n) is 5.86. The lowest BCUT2D eigenvalue weighted by Gasteiger charge is -1.99. The molecule has 0 unspecified atom stereocenters. The van der Waals surface area contributed by atoms with Crippen LogP contribution in [0.2, 0.25) is 5.15 Å². The maximum atomic E-state index is 5.73. The fourth-order valence-corrected chi connectivity index (χ4v) is 1.21. The van der Waals surface area contributed by atoms with Crippen molar-refractivity contribution in [2.75, 3.05) is 0 Å². The van der Waals surface area contributed by atoms with Crippen LogP contribution in [0.3, 0.4) is 0 Å². The fraction of sp³-hybridized carbons (Fsp3) is 0.125. The number of aromatic nitrogens is 1. The topological polar surface area (TPSA) is 12.9 Å². The molecule has 0 fully saturated rings. The average molecular weight is 230 g/mol. The molecule has 0 aliphatic carbocycles. The number of nitrogens with zero attached hydrogens (tertiary/aromatic N) is 1. The van der Waals surface area contributed by atoms with Gasteiger partial charge in [0.2, 0.25) is 0 Å². The van der Waals surface area contributed by atoms with Crippen molar-refractivity contribution < 1.29 is 0 Å². The predicted octanol–water partition coefficient (Wildman–Crippen LogP) is 2.79. The number of terminal acetylenes is 1. The van der Waals surface area contributed by atoms with Crippen molar-refractivity contribution in [3.05, 3.63) is 26.9 Å². The Morgan fingerprint density at radius 2 is 2.36 bits per heavy atom. The first-order chi connectivity index (χ1) is 5.15. The minimum Gasteiger partial charge on any atom is -0.239 e. The Kier molecular flexibility index (Phi) is 2.53. The standard InChI is InChI=1S/C8H5BrClN/c1-3-6-4-7(9)5(2)11-8(6)10/h1,4H,2H3. The molecule has 0 aliphatic rings. The van der Waals surface area contributed by atoms with Crippen molar-refractivity contribution in [2.45, 2.75) is 6.92 Å². The van der Waals surface area contributed by atoms with E-state index in [1.165, 1.54) is 0 Å². The van der Waals surface area contributed by atoms with Gasteiger partial charge >= 0.3 is 0 Å². The normalized spacial score (nSPS) is 9.27. The maximum absolute atomic E-state index is 5.73. The monoisotopic (exact) mass is 229 g/mol. The van der Waals surface area contributed by atoms with Crippen molar-refractivity contribution >= 4 is 27.5 Å². The molecule has 56 valence electrons. The van der Waals surface area contributed by atoms with Crippen LogP contribution in [0.5, 0.6) is 0 Å². The summed E-state index contributed by atoms with van der Waals surface area (Å²) in [7, 11) is 0. The van der Waals surface area contributed by atoms with E-state index in [1.54, 1.807) is 6.07 Å². The first kappa shape index (κ1) is 8.58. The van der Waals surface area contributed by atoms with Crippen molar-refractivity contribution in [2.24, 2.45) is 0 Å². The minimum absolute atomic E-state index is 0.383. The summed E-state index contributed by atoms with van der Waals surface area (Å²) in [4.78, 5) is 4.02. The first-order valence-corrected chi connectivity index (χ1v) is 4.11. The van der Waals surface area contributed by atoms with Gasteiger partial charge in [0.15, 0.2) is 0 Å². The van der Waals surface area contributed by atoms with E-state index in [0.717, 1.165) is 10.2 Å². The molecule has 1 nitrogen and oxygen atoms in total. The van der Waals surface area contributed by atoms with Gasteiger partial charge in [-0.3, -0.25) is 0 Å². The third-order valence-corrected chi connectivity index (χ3v) is 2.35. The van der Waals surface area contributed by atoms with Gasteiger partial charge in [-0.05, 0) is 28.9 Å². The second kappa shape index (κ2) is 3.25. The molecule has 0 saturated heterocycles. The Labute approximate surface area is 78.9 Å². The number of hydrogen-bond donors (Lipinski definition) is 0. The van der Waals surface area contributed by atoms with Crippen LogP contribution in [0.1, 0.15) is 11.3 Å². The maximum Gasteiger partial charge on any atom is 0.144 e. The third-order valence-electron chi connectivity index (χ3n) is 1.26. The van der Waals surface area contributed by atoms with Gasteiger partial charge < -0.3 is 0 Å². The molecule has 1 heterocycles. The number of aryl methyl sites for hydroxylation is 1. The highest BCUT2D eigenvalue weighted by Gasteiger charge is 2.02. The first-order valence-electron chi connectivity index (χ1n) is 2.94. The van der Waals surface area contributed by atoms with Crippen LogP contribution in [-0.4, -0.2) is 4.98 Å². The average Bonchev–Trinajstić information content (AvgIpc) is 1.97. The Balaban J connectivity index is 3.35. The SMILES string of the molecule is C#Cc1cc(Br)c(C)nc1Cl. The molecule has 1 rings (SSSR count). The van der Waals surface area contributed by atoms with Gasteiger partial charge in [0.25, 0.3) is 0 Å². The summed E-state index contributed by atoms with van der Waals surface area (Å²) in [6.07, 6.45) is 5.17. The number of rotatable bonds is 0. The molecule has 0 amide bonds. The predicted molar refractivity (Wildman–Crippen MR) is 49.6 cm³/mol. The summed E-state index contributed by atoms with van der Waals surface area (Å²) in [6.45, 7) is 1.86. The number of pyridine rings is 1. The third kappa shape index (κ3) is 1.74. The highest BCUT2D eigenvalue weighted by Crippen LogP contribution is 2.20. The molecule has 1 aromatic heterocycles. The van der Waals surface area contributed by atoms with Gasteiger partial charge in [0.1, 0.15) is 5.15 Å².